The van der Waals surface area contributed by atoms with E-state index < -0.39 is 0 Å². The second-order valence-corrected chi connectivity index (χ2v) is 6.89. The molecule has 0 heterocycles. The zero-order chi connectivity index (χ0) is 14.6. The number of hydrogen-bond acceptors (Lipinski definition) is 0. The van der Waals surface area contributed by atoms with Gasteiger partial charge >= 0.3 is 0 Å². The van der Waals surface area contributed by atoms with Gasteiger partial charge in [-0.05, 0) is 67.6 Å². The molecule has 0 heteroatoms. The van der Waals surface area contributed by atoms with Crippen molar-refractivity contribution >= 4 is 0 Å². The summed E-state index contributed by atoms with van der Waals surface area (Å²) in [5.41, 5.74) is 0.480. The highest BCUT2D eigenvalue weighted by molar-refractivity contribution is 5.17. The average Bonchev–Trinajstić information content (AvgIpc) is 2.54. The largest absolute Gasteiger partial charge is 0.103 e. The number of rotatable bonds is 5. The maximum atomic E-state index is 4.23. The van der Waals surface area contributed by atoms with Crippen LogP contribution in [-0.2, 0) is 0 Å². The first-order chi connectivity index (χ1) is 9.65. The molecule has 0 nitrogen and oxygen atoms in total. The smallest absolute Gasteiger partial charge is 0.00245 e. The van der Waals surface area contributed by atoms with Gasteiger partial charge in [-0.3, -0.25) is 0 Å². The van der Waals surface area contributed by atoms with E-state index in [2.05, 4.69) is 50.6 Å². The van der Waals surface area contributed by atoms with Gasteiger partial charge in [0, 0.05) is 0 Å². The van der Waals surface area contributed by atoms with Crippen LogP contribution in [0.5, 0.6) is 0 Å². The summed E-state index contributed by atoms with van der Waals surface area (Å²) in [6.07, 6.45) is 18.9. The molecule has 0 radical (unpaired) electrons. The fourth-order valence-corrected chi connectivity index (χ4v) is 4.69. The van der Waals surface area contributed by atoms with Gasteiger partial charge in [0.2, 0.25) is 0 Å². The molecule has 0 saturated heterocycles. The normalized spacial score (nSPS) is 41.6. The molecule has 2 unspecified atom stereocenters. The summed E-state index contributed by atoms with van der Waals surface area (Å²) in [4.78, 5) is 0. The van der Waals surface area contributed by atoms with Gasteiger partial charge in [-0.2, -0.15) is 0 Å². The van der Waals surface area contributed by atoms with Crippen molar-refractivity contribution in [2.45, 2.75) is 51.4 Å². The van der Waals surface area contributed by atoms with E-state index in [4.69, 9.17) is 0 Å². The molecule has 2 aliphatic rings. The van der Waals surface area contributed by atoms with E-state index in [1.165, 1.54) is 51.4 Å². The predicted octanol–water partition coefficient (Wildman–Crippen LogP) is 6.08. The van der Waals surface area contributed by atoms with E-state index >= 15 is 0 Å². The number of hydrogen-bond donors (Lipinski definition) is 0. The maximum absolute atomic E-state index is 4.23. The van der Waals surface area contributed by atoms with E-state index in [9.17, 15) is 0 Å². The third-order valence-corrected chi connectivity index (χ3v) is 6.19. The highest BCUT2D eigenvalue weighted by Gasteiger charge is 2.50. The van der Waals surface area contributed by atoms with E-state index in [0.717, 1.165) is 0 Å². The van der Waals surface area contributed by atoms with Crippen molar-refractivity contribution in [1.82, 2.24) is 0 Å². The molecule has 0 bridgehead atoms. The predicted molar refractivity (Wildman–Crippen MR) is 89.6 cm³/mol. The van der Waals surface area contributed by atoms with Crippen LogP contribution in [0, 0.1) is 22.7 Å². The van der Waals surface area contributed by atoms with Crippen molar-refractivity contribution in [2.75, 3.05) is 0 Å². The molecular formula is C20H30. The van der Waals surface area contributed by atoms with Crippen molar-refractivity contribution in [3.8, 4) is 0 Å². The SMILES string of the molecule is C=CC1CCC(C=C)(C2(C=C)CCCC(C=C)C2)CC1. The lowest BCUT2D eigenvalue weighted by molar-refractivity contribution is 0.0286. The molecular weight excluding hydrogens is 240 g/mol. The highest BCUT2D eigenvalue weighted by atomic mass is 14.5. The average molecular weight is 270 g/mol. The van der Waals surface area contributed by atoms with Crippen LogP contribution in [0.2, 0.25) is 0 Å². The van der Waals surface area contributed by atoms with Crippen LogP contribution in [0.25, 0.3) is 0 Å². The van der Waals surface area contributed by atoms with Crippen LogP contribution in [-0.4, -0.2) is 0 Å². The second kappa shape index (κ2) is 6.16. The van der Waals surface area contributed by atoms with Gasteiger partial charge in [-0.25, -0.2) is 0 Å². The van der Waals surface area contributed by atoms with Crippen LogP contribution >= 0.6 is 0 Å². The summed E-state index contributed by atoms with van der Waals surface area (Å²) >= 11 is 0. The van der Waals surface area contributed by atoms with Gasteiger partial charge in [0.1, 0.15) is 0 Å². The summed E-state index contributed by atoms with van der Waals surface area (Å²) in [5, 5.41) is 0. The summed E-state index contributed by atoms with van der Waals surface area (Å²) < 4.78 is 0. The minimum atomic E-state index is 0.234. The first-order valence-corrected chi connectivity index (χ1v) is 8.17. The standard InChI is InChI=1S/C20H30/c1-5-17-11-14-19(7-3,15-12-17)20(8-4)13-9-10-18(6-2)16-20/h5-8,17-18H,1-4,9-16H2. The summed E-state index contributed by atoms with van der Waals surface area (Å²) in [6.45, 7) is 16.5. The molecule has 0 spiro atoms. The first-order valence-electron chi connectivity index (χ1n) is 8.17. The van der Waals surface area contributed by atoms with Crippen molar-refractivity contribution in [2.24, 2.45) is 22.7 Å². The monoisotopic (exact) mass is 270 g/mol. The lowest BCUT2D eigenvalue weighted by atomic mass is 9.50. The van der Waals surface area contributed by atoms with Crippen molar-refractivity contribution in [3.63, 3.8) is 0 Å². The Kier molecular flexibility index (Phi) is 4.73. The van der Waals surface area contributed by atoms with E-state index in [0.29, 0.717) is 11.8 Å². The Morgan fingerprint density at radius 1 is 0.700 bits per heavy atom. The third-order valence-electron chi connectivity index (χ3n) is 6.19. The second-order valence-electron chi connectivity index (χ2n) is 6.89. The minimum absolute atomic E-state index is 0.234. The summed E-state index contributed by atoms with van der Waals surface area (Å²) in [5.74, 6) is 1.35. The minimum Gasteiger partial charge on any atom is -0.103 e. The molecule has 2 rings (SSSR count). The maximum Gasteiger partial charge on any atom is -0.00245 e. The van der Waals surface area contributed by atoms with Crippen molar-refractivity contribution in [3.05, 3.63) is 50.6 Å². The molecule has 0 aromatic rings. The lowest BCUT2D eigenvalue weighted by Crippen LogP contribution is -2.44. The van der Waals surface area contributed by atoms with Gasteiger partial charge in [0.15, 0.2) is 0 Å². The summed E-state index contributed by atoms with van der Waals surface area (Å²) in [7, 11) is 0. The molecule has 2 saturated carbocycles. The Bertz CT molecular complexity index is 381. The molecule has 0 N–H and O–H groups in total. The van der Waals surface area contributed by atoms with Gasteiger partial charge in [0.25, 0.3) is 0 Å². The lowest BCUT2D eigenvalue weighted by Gasteiger charge is -2.54. The highest BCUT2D eigenvalue weighted by Crippen LogP contribution is 2.59. The zero-order valence-corrected chi connectivity index (χ0v) is 12.9. The van der Waals surface area contributed by atoms with Gasteiger partial charge in [-0.1, -0.05) is 30.7 Å². The Labute approximate surface area is 125 Å². The molecule has 110 valence electrons. The quantitative estimate of drug-likeness (QED) is 0.531. The Morgan fingerprint density at radius 2 is 1.30 bits per heavy atom. The molecule has 0 aromatic carbocycles. The van der Waals surface area contributed by atoms with Crippen LogP contribution in [0.15, 0.2) is 50.6 Å². The van der Waals surface area contributed by atoms with Crippen LogP contribution in [0.4, 0.5) is 0 Å². The van der Waals surface area contributed by atoms with E-state index in [1.54, 1.807) is 0 Å². The van der Waals surface area contributed by atoms with Crippen molar-refractivity contribution < 1.29 is 0 Å². The molecule has 0 amide bonds. The fourth-order valence-electron chi connectivity index (χ4n) is 4.69. The molecule has 20 heavy (non-hydrogen) atoms. The van der Waals surface area contributed by atoms with Gasteiger partial charge in [0.05, 0.1) is 0 Å². The van der Waals surface area contributed by atoms with Crippen LogP contribution in [0.3, 0.4) is 0 Å². The fraction of sp³-hybridized carbons (Fsp3) is 0.600. The molecule has 2 aliphatic carbocycles. The summed E-state index contributed by atoms with van der Waals surface area (Å²) in [6, 6.07) is 0. The Hall–Kier alpha value is -1.04. The van der Waals surface area contributed by atoms with E-state index in [1.807, 2.05) is 0 Å². The van der Waals surface area contributed by atoms with Gasteiger partial charge in [-0.15, -0.1) is 26.3 Å². The first kappa shape index (κ1) is 15.4. The number of allylic oxidation sites excluding steroid dienone is 4. The third kappa shape index (κ3) is 2.45. The zero-order valence-electron chi connectivity index (χ0n) is 12.9. The molecule has 0 aliphatic heterocycles. The van der Waals surface area contributed by atoms with Crippen LogP contribution in [0.1, 0.15) is 51.4 Å². The van der Waals surface area contributed by atoms with Crippen LogP contribution < -0.4 is 0 Å². The topological polar surface area (TPSA) is 0 Å². The van der Waals surface area contributed by atoms with Gasteiger partial charge < -0.3 is 0 Å². The molecule has 2 fully saturated rings. The molecule has 2 atom stereocenters. The van der Waals surface area contributed by atoms with E-state index in [-0.39, 0.29) is 10.8 Å². The Morgan fingerprint density at radius 3 is 1.80 bits per heavy atom. The van der Waals surface area contributed by atoms with Crippen molar-refractivity contribution in [1.29, 1.82) is 0 Å². The Balaban J connectivity index is 2.27. The molecule has 0 aromatic heterocycles.